The van der Waals surface area contributed by atoms with Gasteiger partial charge in [0.15, 0.2) is 0 Å². The molecule has 0 atom stereocenters. The summed E-state index contributed by atoms with van der Waals surface area (Å²) >= 11 is 7.21. The summed E-state index contributed by atoms with van der Waals surface area (Å²) in [6.45, 7) is 0.627. The van der Waals surface area contributed by atoms with Gasteiger partial charge in [-0.2, -0.15) is 0 Å². The van der Waals surface area contributed by atoms with Crippen LogP contribution in [0.3, 0.4) is 0 Å². The minimum Gasteiger partial charge on any atom is -0.342 e. The van der Waals surface area contributed by atoms with Crippen LogP contribution in [0.1, 0.15) is 11.1 Å². The van der Waals surface area contributed by atoms with Gasteiger partial charge in [0, 0.05) is 34.2 Å². The highest BCUT2D eigenvalue weighted by Gasteiger charge is 2.25. The van der Waals surface area contributed by atoms with Gasteiger partial charge in [-0.1, -0.05) is 48.0 Å². The second-order valence-corrected chi connectivity index (χ2v) is 7.10. The standard InChI is InChI=1S/C19H13ClN2O2S/c20-15-7-3-1-5-12(15)10-22-11-13(14-6-2-4-8-16(14)22)9-17-18(23)21-19(24)25-17/h1-9,11H,10H2,(H,21,23,24)/b17-9+. The molecule has 6 heteroatoms. The molecule has 1 fully saturated rings. The first-order chi connectivity index (χ1) is 12.1. The number of nitrogens with zero attached hydrogens (tertiary/aromatic N) is 1. The maximum absolute atomic E-state index is 11.8. The number of nitrogens with one attached hydrogen (secondary N) is 1. The third-order valence-corrected chi connectivity index (χ3v) is 5.23. The van der Waals surface area contributed by atoms with Crippen molar-refractivity contribution in [2.24, 2.45) is 0 Å². The van der Waals surface area contributed by atoms with E-state index in [1.165, 1.54) is 0 Å². The van der Waals surface area contributed by atoms with Crippen molar-refractivity contribution in [3.05, 3.63) is 75.8 Å². The number of thioether (sulfide) groups is 1. The first-order valence-corrected chi connectivity index (χ1v) is 8.87. The lowest BCUT2D eigenvalue weighted by Crippen LogP contribution is -2.17. The molecule has 1 aromatic heterocycles. The molecular weight excluding hydrogens is 356 g/mol. The number of hydrogen-bond donors (Lipinski definition) is 1. The van der Waals surface area contributed by atoms with Crippen molar-refractivity contribution < 1.29 is 9.59 Å². The Morgan fingerprint density at radius 2 is 1.84 bits per heavy atom. The van der Waals surface area contributed by atoms with E-state index in [0.29, 0.717) is 11.4 Å². The second kappa shape index (κ2) is 6.43. The van der Waals surface area contributed by atoms with Gasteiger partial charge in [-0.05, 0) is 35.5 Å². The summed E-state index contributed by atoms with van der Waals surface area (Å²) < 4.78 is 2.10. The minimum atomic E-state index is -0.349. The zero-order valence-electron chi connectivity index (χ0n) is 13.0. The third-order valence-electron chi connectivity index (χ3n) is 4.05. The number of rotatable bonds is 3. The van der Waals surface area contributed by atoms with Gasteiger partial charge < -0.3 is 4.57 Å². The molecule has 3 aromatic rings. The smallest absolute Gasteiger partial charge is 0.290 e. The van der Waals surface area contributed by atoms with E-state index in [1.807, 2.05) is 54.7 Å². The molecule has 0 spiro atoms. The van der Waals surface area contributed by atoms with Crippen LogP contribution in [0.25, 0.3) is 17.0 Å². The van der Waals surface area contributed by atoms with Crippen LogP contribution in [0.2, 0.25) is 5.02 Å². The van der Waals surface area contributed by atoms with Crippen LogP contribution in [0.15, 0.2) is 59.6 Å². The molecule has 1 aliphatic heterocycles. The highest BCUT2D eigenvalue weighted by Crippen LogP contribution is 2.30. The SMILES string of the molecule is O=C1NC(=O)/C(=C\c2cn(Cc3ccccc3Cl)c3ccccc23)S1. The van der Waals surface area contributed by atoms with Gasteiger partial charge in [0.25, 0.3) is 11.1 Å². The molecule has 0 bridgehead atoms. The summed E-state index contributed by atoms with van der Waals surface area (Å²) in [5.41, 5.74) is 2.96. The van der Waals surface area contributed by atoms with Gasteiger partial charge in [0.1, 0.15) is 0 Å². The molecule has 2 heterocycles. The fourth-order valence-electron chi connectivity index (χ4n) is 2.89. The number of imide groups is 1. The fourth-order valence-corrected chi connectivity index (χ4v) is 3.76. The summed E-state index contributed by atoms with van der Waals surface area (Å²) in [5, 5.41) is 3.69. The lowest BCUT2D eigenvalue weighted by molar-refractivity contribution is -0.115. The topological polar surface area (TPSA) is 51.1 Å². The van der Waals surface area contributed by atoms with Crippen molar-refractivity contribution in [3.63, 3.8) is 0 Å². The predicted octanol–water partition coefficient (Wildman–Crippen LogP) is 4.67. The minimum absolute atomic E-state index is 0.337. The quantitative estimate of drug-likeness (QED) is 0.683. The molecule has 0 aliphatic carbocycles. The summed E-state index contributed by atoms with van der Waals surface area (Å²) in [6.07, 6.45) is 3.74. The number of para-hydroxylation sites is 1. The van der Waals surface area contributed by atoms with Crippen LogP contribution in [-0.4, -0.2) is 15.7 Å². The molecule has 0 saturated carbocycles. The Labute approximate surface area is 153 Å². The molecule has 0 unspecified atom stereocenters. The first kappa shape index (κ1) is 16.0. The molecule has 1 saturated heterocycles. The number of fused-ring (bicyclic) bond motifs is 1. The molecule has 25 heavy (non-hydrogen) atoms. The maximum atomic E-state index is 11.8. The maximum Gasteiger partial charge on any atom is 0.290 e. The van der Waals surface area contributed by atoms with Gasteiger partial charge in [0.05, 0.1) is 4.91 Å². The van der Waals surface area contributed by atoms with Crippen LogP contribution in [0.4, 0.5) is 4.79 Å². The van der Waals surface area contributed by atoms with E-state index in [9.17, 15) is 9.59 Å². The number of benzene rings is 2. The van der Waals surface area contributed by atoms with Crippen molar-refractivity contribution in [2.75, 3.05) is 0 Å². The van der Waals surface area contributed by atoms with Crippen molar-refractivity contribution in [1.82, 2.24) is 9.88 Å². The lowest BCUT2D eigenvalue weighted by atomic mass is 10.1. The average Bonchev–Trinajstić information content (AvgIpc) is 3.10. The van der Waals surface area contributed by atoms with E-state index in [4.69, 9.17) is 11.6 Å². The number of carbonyl (C=O) groups excluding carboxylic acids is 2. The Hall–Kier alpha value is -2.50. The Balaban J connectivity index is 1.79. The van der Waals surface area contributed by atoms with E-state index < -0.39 is 0 Å². The van der Waals surface area contributed by atoms with Gasteiger partial charge in [-0.15, -0.1) is 0 Å². The first-order valence-electron chi connectivity index (χ1n) is 7.68. The average molecular weight is 369 g/mol. The highest BCUT2D eigenvalue weighted by molar-refractivity contribution is 8.18. The molecule has 0 radical (unpaired) electrons. The zero-order chi connectivity index (χ0) is 17.4. The molecule has 4 nitrogen and oxygen atoms in total. The Morgan fingerprint density at radius 1 is 1.08 bits per heavy atom. The van der Waals surface area contributed by atoms with Crippen LogP contribution >= 0.6 is 23.4 Å². The van der Waals surface area contributed by atoms with Crippen LogP contribution in [-0.2, 0) is 11.3 Å². The van der Waals surface area contributed by atoms with Crippen LogP contribution < -0.4 is 5.32 Å². The summed E-state index contributed by atoms with van der Waals surface area (Å²) in [4.78, 5) is 23.6. The summed E-state index contributed by atoms with van der Waals surface area (Å²) in [5.74, 6) is -0.349. The van der Waals surface area contributed by atoms with Crippen molar-refractivity contribution >= 4 is 51.5 Å². The zero-order valence-corrected chi connectivity index (χ0v) is 14.6. The normalized spacial score (nSPS) is 16.0. The van der Waals surface area contributed by atoms with Crippen molar-refractivity contribution in [1.29, 1.82) is 0 Å². The van der Waals surface area contributed by atoms with Crippen LogP contribution in [0, 0.1) is 0 Å². The second-order valence-electron chi connectivity index (χ2n) is 5.67. The number of halogens is 1. The van der Waals surface area contributed by atoms with E-state index >= 15 is 0 Å². The molecule has 1 aliphatic rings. The summed E-state index contributed by atoms with van der Waals surface area (Å²) in [7, 11) is 0. The van der Waals surface area contributed by atoms with E-state index in [1.54, 1.807) is 6.08 Å². The van der Waals surface area contributed by atoms with Crippen molar-refractivity contribution in [3.8, 4) is 0 Å². The number of amides is 2. The lowest BCUT2D eigenvalue weighted by Gasteiger charge is -2.07. The van der Waals surface area contributed by atoms with Crippen LogP contribution in [0.5, 0.6) is 0 Å². The Morgan fingerprint density at radius 3 is 2.60 bits per heavy atom. The van der Waals surface area contributed by atoms with Gasteiger partial charge in [-0.3, -0.25) is 14.9 Å². The number of aromatic nitrogens is 1. The molecule has 1 N–H and O–H groups in total. The third kappa shape index (κ3) is 3.08. The largest absolute Gasteiger partial charge is 0.342 e. The summed E-state index contributed by atoms with van der Waals surface area (Å²) in [6, 6.07) is 15.7. The molecular formula is C19H13ClN2O2S. The Kier molecular flexibility index (Phi) is 4.11. The monoisotopic (exact) mass is 368 g/mol. The van der Waals surface area contributed by atoms with Crippen molar-refractivity contribution in [2.45, 2.75) is 6.54 Å². The highest BCUT2D eigenvalue weighted by atomic mass is 35.5. The molecule has 4 rings (SSSR count). The number of hydrogen-bond acceptors (Lipinski definition) is 3. The fraction of sp³-hybridized carbons (Fsp3) is 0.0526. The van der Waals surface area contributed by atoms with Gasteiger partial charge >= 0.3 is 0 Å². The predicted molar refractivity (Wildman–Crippen MR) is 102 cm³/mol. The van der Waals surface area contributed by atoms with E-state index in [2.05, 4.69) is 9.88 Å². The van der Waals surface area contributed by atoms with E-state index in [-0.39, 0.29) is 11.1 Å². The molecule has 124 valence electrons. The van der Waals surface area contributed by atoms with Gasteiger partial charge in [0.2, 0.25) is 0 Å². The van der Waals surface area contributed by atoms with Gasteiger partial charge in [-0.25, -0.2) is 0 Å². The molecule has 2 amide bonds. The Bertz CT molecular complexity index is 1040. The number of carbonyl (C=O) groups is 2. The molecule has 2 aromatic carbocycles. The van der Waals surface area contributed by atoms with E-state index in [0.717, 1.165) is 38.8 Å².